The molecule has 2 rings (SSSR count). The van der Waals surface area contributed by atoms with Crippen molar-refractivity contribution in [2.75, 3.05) is 6.54 Å². The lowest BCUT2D eigenvalue weighted by Crippen LogP contribution is -2.19. The van der Waals surface area contributed by atoms with Gasteiger partial charge in [-0.3, -0.25) is 0 Å². The van der Waals surface area contributed by atoms with Crippen LogP contribution in [0, 0.1) is 0 Å². The van der Waals surface area contributed by atoms with Crippen LogP contribution in [-0.2, 0) is 12.8 Å². The summed E-state index contributed by atoms with van der Waals surface area (Å²) in [7, 11) is 0. The molecule has 0 aliphatic carbocycles. The summed E-state index contributed by atoms with van der Waals surface area (Å²) in [4.78, 5) is 0. The quantitative estimate of drug-likeness (QED) is 0.775. The van der Waals surface area contributed by atoms with E-state index in [9.17, 15) is 0 Å². The van der Waals surface area contributed by atoms with Crippen molar-refractivity contribution < 1.29 is 4.74 Å². The van der Waals surface area contributed by atoms with Crippen molar-refractivity contribution in [3.8, 4) is 5.75 Å². The van der Waals surface area contributed by atoms with Gasteiger partial charge in [-0.25, -0.2) is 0 Å². The van der Waals surface area contributed by atoms with E-state index < -0.39 is 0 Å². The first kappa shape index (κ1) is 9.53. The van der Waals surface area contributed by atoms with Crippen LogP contribution in [0.4, 0.5) is 0 Å². The summed E-state index contributed by atoms with van der Waals surface area (Å²) in [6.07, 6.45) is 3.58. The number of benzene rings is 1. The zero-order chi connectivity index (χ0) is 9.97. The molecule has 1 unspecified atom stereocenters. The summed E-state index contributed by atoms with van der Waals surface area (Å²) in [6.45, 7) is 2.84. The molecule has 0 bridgehead atoms. The monoisotopic (exact) mass is 191 g/mol. The second-order valence-corrected chi connectivity index (χ2v) is 3.95. The Morgan fingerprint density at radius 2 is 2.36 bits per heavy atom. The smallest absolute Gasteiger partial charge is 0.122 e. The summed E-state index contributed by atoms with van der Waals surface area (Å²) in [5.41, 5.74) is 8.19. The Hall–Kier alpha value is -1.02. The zero-order valence-electron chi connectivity index (χ0n) is 8.62. The van der Waals surface area contributed by atoms with Gasteiger partial charge in [0.1, 0.15) is 5.75 Å². The van der Waals surface area contributed by atoms with Crippen molar-refractivity contribution in [3.63, 3.8) is 0 Å². The van der Waals surface area contributed by atoms with Crippen molar-refractivity contribution in [1.82, 2.24) is 0 Å². The van der Waals surface area contributed by atoms with Gasteiger partial charge in [-0.2, -0.15) is 0 Å². The minimum absolute atomic E-state index is 0.364. The molecule has 0 amide bonds. The molecule has 1 aromatic rings. The summed E-state index contributed by atoms with van der Waals surface area (Å²) in [5, 5.41) is 0. The molecule has 1 atom stereocenters. The predicted molar refractivity (Wildman–Crippen MR) is 57.6 cm³/mol. The van der Waals surface area contributed by atoms with Gasteiger partial charge in [-0.15, -0.1) is 0 Å². The molecule has 76 valence electrons. The molecule has 14 heavy (non-hydrogen) atoms. The van der Waals surface area contributed by atoms with Crippen molar-refractivity contribution in [2.24, 2.45) is 5.73 Å². The third kappa shape index (κ3) is 1.90. The number of hydrogen-bond acceptors (Lipinski definition) is 2. The summed E-state index contributed by atoms with van der Waals surface area (Å²) in [6, 6.07) is 6.42. The van der Waals surface area contributed by atoms with Gasteiger partial charge in [0.25, 0.3) is 0 Å². The molecule has 1 aliphatic rings. The van der Waals surface area contributed by atoms with Crippen molar-refractivity contribution in [1.29, 1.82) is 0 Å². The number of nitrogens with two attached hydrogens (primary N) is 1. The molecule has 2 N–H and O–H groups in total. The van der Waals surface area contributed by atoms with E-state index in [1.165, 1.54) is 11.1 Å². The minimum Gasteiger partial charge on any atom is -0.490 e. The van der Waals surface area contributed by atoms with Crippen LogP contribution in [0.3, 0.4) is 0 Å². The Labute approximate surface area is 85.1 Å². The second kappa shape index (κ2) is 4.01. The molecule has 1 aliphatic heterocycles. The molecule has 0 saturated carbocycles. The highest BCUT2D eigenvalue weighted by Gasteiger charge is 2.15. The number of hydrogen-bond donors (Lipinski definition) is 1. The molecule has 1 heterocycles. The Morgan fingerprint density at radius 3 is 3.14 bits per heavy atom. The van der Waals surface area contributed by atoms with E-state index in [0.717, 1.165) is 31.6 Å². The van der Waals surface area contributed by atoms with Gasteiger partial charge in [-0.05, 0) is 49.9 Å². The number of rotatable bonds is 2. The average Bonchev–Trinajstić information content (AvgIpc) is 2.19. The SMILES string of the molecule is CC1CCc2cc(CCN)ccc2O1. The normalized spacial score (nSPS) is 20.0. The van der Waals surface area contributed by atoms with Crippen LogP contribution in [0.2, 0.25) is 0 Å². The lowest BCUT2D eigenvalue weighted by molar-refractivity contribution is 0.192. The van der Waals surface area contributed by atoms with E-state index in [2.05, 4.69) is 25.1 Å². The predicted octanol–water partition coefficient (Wildman–Crippen LogP) is 1.90. The lowest BCUT2D eigenvalue weighted by Gasteiger charge is -2.23. The van der Waals surface area contributed by atoms with E-state index in [-0.39, 0.29) is 0 Å². The van der Waals surface area contributed by atoms with Crippen molar-refractivity contribution in [3.05, 3.63) is 29.3 Å². The molecular weight excluding hydrogens is 174 g/mol. The van der Waals surface area contributed by atoms with Crippen LogP contribution in [0.5, 0.6) is 5.75 Å². The molecule has 0 aromatic heterocycles. The third-order valence-electron chi connectivity index (χ3n) is 2.71. The van der Waals surface area contributed by atoms with Crippen LogP contribution < -0.4 is 10.5 Å². The van der Waals surface area contributed by atoms with E-state index >= 15 is 0 Å². The van der Waals surface area contributed by atoms with Crippen molar-refractivity contribution >= 4 is 0 Å². The van der Waals surface area contributed by atoms with Crippen LogP contribution in [0.15, 0.2) is 18.2 Å². The van der Waals surface area contributed by atoms with E-state index in [4.69, 9.17) is 10.5 Å². The van der Waals surface area contributed by atoms with Gasteiger partial charge in [-0.1, -0.05) is 12.1 Å². The molecule has 0 radical (unpaired) electrons. The first-order chi connectivity index (χ1) is 6.79. The van der Waals surface area contributed by atoms with E-state index in [1.54, 1.807) is 0 Å². The second-order valence-electron chi connectivity index (χ2n) is 3.95. The van der Waals surface area contributed by atoms with Crippen LogP contribution in [-0.4, -0.2) is 12.6 Å². The van der Waals surface area contributed by atoms with Crippen molar-refractivity contribution in [2.45, 2.75) is 32.3 Å². The molecule has 1 aromatic carbocycles. The molecule has 0 spiro atoms. The Morgan fingerprint density at radius 1 is 1.50 bits per heavy atom. The van der Waals surface area contributed by atoms with Gasteiger partial charge < -0.3 is 10.5 Å². The molecule has 2 heteroatoms. The molecular formula is C12H17NO. The lowest BCUT2D eigenvalue weighted by atomic mass is 9.99. The van der Waals surface area contributed by atoms with Gasteiger partial charge in [0.15, 0.2) is 0 Å². The maximum absolute atomic E-state index is 5.73. The maximum atomic E-state index is 5.73. The van der Waals surface area contributed by atoms with Crippen LogP contribution in [0.1, 0.15) is 24.5 Å². The summed E-state index contributed by atoms with van der Waals surface area (Å²) in [5.74, 6) is 1.06. The topological polar surface area (TPSA) is 35.2 Å². The first-order valence-electron chi connectivity index (χ1n) is 5.28. The summed E-state index contributed by atoms with van der Waals surface area (Å²) < 4.78 is 5.73. The molecule has 2 nitrogen and oxygen atoms in total. The van der Waals surface area contributed by atoms with Crippen LogP contribution >= 0.6 is 0 Å². The highest BCUT2D eigenvalue weighted by atomic mass is 16.5. The number of fused-ring (bicyclic) bond motifs is 1. The fraction of sp³-hybridized carbons (Fsp3) is 0.500. The fourth-order valence-corrected chi connectivity index (χ4v) is 1.90. The van der Waals surface area contributed by atoms with Gasteiger partial charge in [0.2, 0.25) is 0 Å². The average molecular weight is 191 g/mol. The summed E-state index contributed by atoms with van der Waals surface area (Å²) >= 11 is 0. The third-order valence-corrected chi connectivity index (χ3v) is 2.71. The zero-order valence-corrected chi connectivity index (χ0v) is 8.62. The minimum atomic E-state index is 0.364. The maximum Gasteiger partial charge on any atom is 0.122 e. The Bertz CT molecular complexity index is 322. The van der Waals surface area contributed by atoms with Gasteiger partial charge in [0, 0.05) is 0 Å². The largest absolute Gasteiger partial charge is 0.490 e. The van der Waals surface area contributed by atoms with Gasteiger partial charge in [0.05, 0.1) is 6.10 Å². The standard InChI is InChI=1S/C12H17NO/c1-9-2-4-11-8-10(6-7-13)3-5-12(11)14-9/h3,5,8-9H,2,4,6-7,13H2,1H3. The number of ether oxygens (including phenoxy) is 1. The Balaban J connectivity index is 2.22. The molecule has 0 fully saturated rings. The fourth-order valence-electron chi connectivity index (χ4n) is 1.90. The van der Waals surface area contributed by atoms with Gasteiger partial charge >= 0.3 is 0 Å². The highest BCUT2D eigenvalue weighted by Crippen LogP contribution is 2.28. The van der Waals surface area contributed by atoms with E-state index in [1.807, 2.05) is 0 Å². The van der Waals surface area contributed by atoms with E-state index in [0.29, 0.717) is 6.10 Å². The van der Waals surface area contributed by atoms with Crippen LogP contribution in [0.25, 0.3) is 0 Å². The first-order valence-corrected chi connectivity index (χ1v) is 5.28. The Kier molecular flexibility index (Phi) is 2.73. The highest BCUT2D eigenvalue weighted by molar-refractivity contribution is 5.38. The molecule has 0 saturated heterocycles. The number of aryl methyl sites for hydroxylation is 1.